The number of amides is 1. The molecule has 2 N–H and O–H groups in total. The van der Waals surface area contributed by atoms with Crippen molar-refractivity contribution in [2.75, 3.05) is 13.6 Å². The Bertz CT molecular complexity index is 1280. The molecule has 3 atom stereocenters. The Balaban J connectivity index is 1.91. The lowest BCUT2D eigenvalue weighted by Crippen LogP contribution is -2.40. The van der Waals surface area contributed by atoms with Gasteiger partial charge in [-0.15, -0.1) is 0 Å². The minimum Gasteiger partial charge on any atom is -0.488 e. The van der Waals surface area contributed by atoms with Crippen LogP contribution in [-0.4, -0.2) is 41.5 Å². The number of rotatable bonds is 1. The molecule has 6 nitrogen and oxygen atoms in total. The van der Waals surface area contributed by atoms with Crippen LogP contribution in [0.15, 0.2) is 73.3 Å². The fourth-order valence-corrected chi connectivity index (χ4v) is 4.73. The topological polar surface area (TPSA) is 66.5 Å². The highest BCUT2D eigenvalue weighted by Crippen LogP contribution is 2.32. The molecule has 2 aromatic rings. The Morgan fingerprint density at radius 3 is 2.52 bits per heavy atom. The van der Waals surface area contributed by atoms with Crippen LogP contribution in [0.2, 0.25) is 0 Å². The molecular formula is C34H48N4O2. The Hall–Kier alpha value is -3.54. The van der Waals surface area contributed by atoms with E-state index in [2.05, 4.69) is 106 Å². The van der Waals surface area contributed by atoms with Gasteiger partial charge in [0.1, 0.15) is 6.10 Å². The highest BCUT2D eigenvalue weighted by molar-refractivity contribution is 5.81. The molecular weight excluding hydrogens is 496 g/mol. The number of pyridine rings is 1. The second-order valence-corrected chi connectivity index (χ2v) is 12.1. The lowest BCUT2D eigenvalue weighted by molar-refractivity contribution is -0.124. The van der Waals surface area contributed by atoms with E-state index in [1.165, 1.54) is 0 Å². The predicted molar refractivity (Wildman–Crippen MR) is 167 cm³/mol. The molecule has 3 bridgehead atoms. The number of likely N-dealkylation sites (N-methyl/N-ethyl adjacent to an activating group) is 1. The van der Waals surface area contributed by atoms with Crippen LogP contribution in [0.1, 0.15) is 65.6 Å². The number of allylic oxidation sites excluding steroid dienone is 1. The Morgan fingerprint density at radius 2 is 1.82 bits per heavy atom. The van der Waals surface area contributed by atoms with E-state index in [-0.39, 0.29) is 29.9 Å². The Labute approximate surface area is 241 Å². The smallest absolute Gasteiger partial charge is 0.223 e. The van der Waals surface area contributed by atoms with Gasteiger partial charge in [-0.3, -0.25) is 9.78 Å². The largest absolute Gasteiger partial charge is 0.488 e. The predicted octanol–water partition coefficient (Wildman–Crippen LogP) is 6.81. The van der Waals surface area contributed by atoms with Crippen LogP contribution >= 0.6 is 0 Å². The first kappa shape index (κ1) is 31.0. The molecule has 2 heterocycles. The van der Waals surface area contributed by atoms with E-state index in [0.717, 1.165) is 52.9 Å². The van der Waals surface area contributed by atoms with Crippen molar-refractivity contribution >= 4 is 22.9 Å². The SMILES string of the molecule is C=C1N[C@@H](C)C(=C)N(C)CCC[C@H](C)C(=O)NCc2ccc3ccc(cc3n2)/C=C/C(C)(C)C(=C)OC1C(C)C. The molecule has 1 unspecified atom stereocenters. The van der Waals surface area contributed by atoms with E-state index >= 15 is 0 Å². The number of hydrogen-bond acceptors (Lipinski definition) is 5. The highest BCUT2D eigenvalue weighted by Gasteiger charge is 2.27. The molecule has 1 aromatic heterocycles. The number of benzene rings is 1. The second kappa shape index (κ2) is 13.2. The van der Waals surface area contributed by atoms with Gasteiger partial charge in [-0.1, -0.05) is 70.9 Å². The molecule has 1 amide bonds. The summed E-state index contributed by atoms with van der Waals surface area (Å²) in [4.78, 5) is 19.8. The van der Waals surface area contributed by atoms with E-state index in [9.17, 15) is 4.79 Å². The monoisotopic (exact) mass is 544 g/mol. The summed E-state index contributed by atoms with van der Waals surface area (Å²) in [5.41, 5.74) is 4.13. The van der Waals surface area contributed by atoms with Crippen molar-refractivity contribution in [3.8, 4) is 0 Å². The average Bonchev–Trinajstić information content (AvgIpc) is 2.91. The molecule has 0 radical (unpaired) electrons. The molecule has 40 heavy (non-hydrogen) atoms. The normalized spacial score (nSPS) is 24.6. The van der Waals surface area contributed by atoms with Gasteiger partial charge in [0.25, 0.3) is 0 Å². The van der Waals surface area contributed by atoms with Crippen molar-refractivity contribution < 1.29 is 9.53 Å². The van der Waals surface area contributed by atoms with Crippen molar-refractivity contribution in [2.45, 2.75) is 73.1 Å². The summed E-state index contributed by atoms with van der Waals surface area (Å²) in [6.45, 7) is 26.7. The van der Waals surface area contributed by atoms with Crippen LogP contribution in [0, 0.1) is 17.3 Å². The summed E-state index contributed by atoms with van der Waals surface area (Å²) in [6, 6.07) is 10.2. The summed E-state index contributed by atoms with van der Waals surface area (Å²) in [5, 5.41) is 7.64. The van der Waals surface area contributed by atoms with Gasteiger partial charge >= 0.3 is 0 Å². The molecule has 0 saturated carbocycles. The third-order valence-corrected chi connectivity index (χ3v) is 7.82. The van der Waals surface area contributed by atoms with E-state index in [1.807, 2.05) is 20.0 Å². The first-order chi connectivity index (χ1) is 18.8. The van der Waals surface area contributed by atoms with Crippen molar-refractivity contribution in [1.82, 2.24) is 20.5 Å². The number of nitrogens with one attached hydrogen (secondary N) is 2. The Kier molecular flexibility index (Phi) is 10.2. The summed E-state index contributed by atoms with van der Waals surface area (Å²) >= 11 is 0. The maximum atomic E-state index is 12.8. The van der Waals surface area contributed by atoms with Gasteiger partial charge in [-0.2, -0.15) is 0 Å². The minimum absolute atomic E-state index is 0.0248. The molecule has 1 aromatic carbocycles. The zero-order valence-electron chi connectivity index (χ0n) is 25.5. The number of hydrogen-bond donors (Lipinski definition) is 2. The highest BCUT2D eigenvalue weighted by atomic mass is 16.5. The molecule has 1 aliphatic heterocycles. The van der Waals surface area contributed by atoms with Crippen LogP contribution in [-0.2, 0) is 16.1 Å². The first-order valence-corrected chi connectivity index (χ1v) is 14.4. The zero-order valence-corrected chi connectivity index (χ0v) is 25.5. The number of fused-ring (bicyclic) bond motifs is 2. The van der Waals surface area contributed by atoms with Crippen LogP contribution in [0.5, 0.6) is 0 Å². The first-order valence-electron chi connectivity index (χ1n) is 14.4. The molecule has 0 aliphatic carbocycles. The summed E-state index contributed by atoms with van der Waals surface area (Å²) < 4.78 is 6.47. The lowest BCUT2D eigenvalue weighted by atomic mass is 9.89. The van der Waals surface area contributed by atoms with Gasteiger partial charge in [0, 0.05) is 41.7 Å². The molecule has 216 valence electrons. The molecule has 0 saturated heterocycles. The van der Waals surface area contributed by atoms with Crippen LogP contribution in [0.4, 0.5) is 0 Å². The lowest BCUT2D eigenvalue weighted by Gasteiger charge is -2.34. The van der Waals surface area contributed by atoms with Gasteiger partial charge in [0.05, 0.1) is 29.6 Å². The maximum absolute atomic E-state index is 12.8. The molecule has 6 heteroatoms. The quantitative estimate of drug-likeness (QED) is 0.413. The van der Waals surface area contributed by atoms with Gasteiger partial charge < -0.3 is 20.3 Å². The molecule has 1 aliphatic rings. The number of nitrogens with zero attached hydrogens (tertiary/aromatic N) is 2. The standard InChI is InChI=1S/C34H48N4O2/c1-22(2)32-25(5)36-24(4)26(6)38(10)19-11-12-23(3)33(39)35-21-30-16-15-29-14-13-28(20-31(29)37-30)17-18-34(8,9)27(7)40-32/h13-18,20,22-24,32,36H,5-7,11-12,19,21H2,1-4,8-10H3,(H,35,39)/b18-17+/t23-,24-,32?/m0/s1. The average molecular weight is 545 g/mol. The van der Waals surface area contributed by atoms with Crippen LogP contribution < -0.4 is 10.6 Å². The summed E-state index contributed by atoms with van der Waals surface area (Å²) in [6.07, 6.45) is 5.63. The number of ether oxygens (including phenoxy) is 1. The van der Waals surface area contributed by atoms with Gasteiger partial charge in [-0.25, -0.2) is 0 Å². The van der Waals surface area contributed by atoms with Crippen LogP contribution in [0.3, 0.4) is 0 Å². The van der Waals surface area contributed by atoms with Gasteiger partial charge in [0.2, 0.25) is 5.91 Å². The summed E-state index contributed by atoms with van der Waals surface area (Å²) in [5.74, 6) is 0.833. The van der Waals surface area contributed by atoms with E-state index in [1.54, 1.807) is 0 Å². The van der Waals surface area contributed by atoms with Gasteiger partial charge in [0.15, 0.2) is 0 Å². The zero-order chi connectivity index (χ0) is 29.6. The third-order valence-electron chi connectivity index (χ3n) is 7.82. The maximum Gasteiger partial charge on any atom is 0.223 e. The third kappa shape index (κ3) is 8.00. The van der Waals surface area contributed by atoms with Crippen molar-refractivity contribution in [1.29, 1.82) is 0 Å². The number of aromatic nitrogens is 1. The molecule has 3 rings (SSSR count). The van der Waals surface area contributed by atoms with Crippen molar-refractivity contribution in [3.63, 3.8) is 0 Å². The number of carbonyl (C=O) groups excluding carboxylic acids is 1. The Morgan fingerprint density at radius 1 is 1.12 bits per heavy atom. The van der Waals surface area contributed by atoms with Crippen molar-refractivity contribution in [2.24, 2.45) is 17.3 Å². The van der Waals surface area contributed by atoms with Crippen LogP contribution in [0.25, 0.3) is 17.0 Å². The van der Waals surface area contributed by atoms with E-state index < -0.39 is 5.41 Å². The van der Waals surface area contributed by atoms with Gasteiger partial charge in [-0.05, 0) is 57.2 Å². The summed E-state index contributed by atoms with van der Waals surface area (Å²) in [7, 11) is 2.04. The fraction of sp³-hybridized carbons (Fsp3) is 0.471. The molecule has 0 spiro atoms. The number of carbonyl (C=O) groups is 1. The van der Waals surface area contributed by atoms with Crippen molar-refractivity contribution in [3.05, 3.63) is 84.6 Å². The molecule has 0 fully saturated rings. The fourth-order valence-electron chi connectivity index (χ4n) is 4.73. The van der Waals surface area contributed by atoms with E-state index in [4.69, 9.17) is 9.72 Å². The second-order valence-electron chi connectivity index (χ2n) is 12.1. The van der Waals surface area contributed by atoms with E-state index in [0.29, 0.717) is 12.3 Å². The minimum atomic E-state index is -0.413.